The summed E-state index contributed by atoms with van der Waals surface area (Å²) < 4.78 is 5.04. The maximum atomic E-state index is 11.5. The van der Waals surface area contributed by atoms with Gasteiger partial charge in [-0.15, -0.1) is 11.3 Å². The monoisotopic (exact) mass is 289 g/mol. The van der Waals surface area contributed by atoms with Crippen LogP contribution < -0.4 is 5.32 Å². The summed E-state index contributed by atoms with van der Waals surface area (Å²) >= 11 is 7.06. The molecule has 5 nitrogen and oxygen atoms in total. The number of hydrogen-bond acceptors (Lipinski definition) is 5. The third kappa shape index (κ3) is 4.48. The van der Waals surface area contributed by atoms with Crippen LogP contribution in [0.15, 0.2) is 18.2 Å². The van der Waals surface area contributed by atoms with E-state index >= 15 is 0 Å². The van der Waals surface area contributed by atoms with Crippen LogP contribution >= 0.6 is 22.9 Å². The van der Waals surface area contributed by atoms with Gasteiger partial charge < -0.3 is 15.2 Å². The van der Waals surface area contributed by atoms with E-state index in [1.807, 2.05) is 0 Å². The number of hydrogen-bond donors (Lipinski definition) is 2. The highest BCUT2D eigenvalue weighted by molar-refractivity contribution is 7.17. The van der Waals surface area contributed by atoms with Crippen molar-refractivity contribution in [3.63, 3.8) is 0 Å². The van der Waals surface area contributed by atoms with Crippen molar-refractivity contribution in [3.8, 4) is 0 Å². The van der Waals surface area contributed by atoms with Crippen LogP contribution in [0.2, 0.25) is 4.34 Å². The molecule has 1 rings (SSSR count). The van der Waals surface area contributed by atoms with Gasteiger partial charge in [0.1, 0.15) is 0 Å². The molecule has 7 heteroatoms. The van der Waals surface area contributed by atoms with Crippen molar-refractivity contribution in [1.29, 1.82) is 0 Å². The number of carbonyl (C=O) groups is 2. The van der Waals surface area contributed by atoms with Crippen LogP contribution in [0.25, 0.3) is 6.08 Å². The molecule has 0 saturated heterocycles. The zero-order valence-electron chi connectivity index (χ0n) is 9.55. The molecule has 0 aliphatic heterocycles. The zero-order chi connectivity index (χ0) is 13.5. The van der Waals surface area contributed by atoms with Gasteiger partial charge in [0.25, 0.3) is 0 Å². The number of halogens is 1. The van der Waals surface area contributed by atoms with Gasteiger partial charge in [0.15, 0.2) is 6.04 Å². The first-order valence-corrected chi connectivity index (χ1v) is 6.19. The van der Waals surface area contributed by atoms with Crippen molar-refractivity contribution >= 4 is 40.9 Å². The number of ether oxygens (including phenoxy) is 1. The fourth-order valence-electron chi connectivity index (χ4n) is 1.12. The molecule has 0 saturated carbocycles. The minimum atomic E-state index is -1.06. The first kappa shape index (κ1) is 14.7. The minimum Gasteiger partial charge on any atom is -0.467 e. The number of thiophene rings is 1. The Kier molecular flexibility index (Phi) is 5.84. The average Bonchev–Trinajstić information content (AvgIpc) is 2.78. The third-order valence-electron chi connectivity index (χ3n) is 1.98. The van der Waals surface area contributed by atoms with E-state index in [1.165, 1.54) is 24.5 Å². The van der Waals surface area contributed by atoms with E-state index in [9.17, 15) is 9.59 Å². The fourth-order valence-corrected chi connectivity index (χ4v) is 2.08. The van der Waals surface area contributed by atoms with Crippen molar-refractivity contribution in [2.45, 2.75) is 6.04 Å². The summed E-state index contributed by atoms with van der Waals surface area (Å²) in [5.41, 5.74) is 0. The molecule has 0 aliphatic rings. The second-order valence-electron chi connectivity index (χ2n) is 3.24. The summed E-state index contributed by atoms with van der Waals surface area (Å²) in [7, 11) is 1.18. The van der Waals surface area contributed by atoms with Gasteiger partial charge in [-0.1, -0.05) is 11.6 Å². The second-order valence-corrected chi connectivity index (χ2v) is 4.99. The lowest BCUT2D eigenvalue weighted by Crippen LogP contribution is -2.43. The van der Waals surface area contributed by atoms with Gasteiger partial charge in [0, 0.05) is 11.0 Å². The van der Waals surface area contributed by atoms with E-state index in [0.29, 0.717) is 4.34 Å². The van der Waals surface area contributed by atoms with Crippen LogP contribution in [0.1, 0.15) is 4.88 Å². The Morgan fingerprint density at radius 3 is 2.83 bits per heavy atom. The highest BCUT2D eigenvalue weighted by Crippen LogP contribution is 2.22. The van der Waals surface area contributed by atoms with E-state index in [2.05, 4.69) is 10.1 Å². The Balaban J connectivity index is 2.55. The Hall–Kier alpha value is -1.37. The summed E-state index contributed by atoms with van der Waals surface area (Å²) in [6.45, 7) is -0.517. The average molecular weight is 290 g/mol. The molecular weight excluding hydrogens is 278 g/mol. The first-order valence-electron chi connectivity index (χ1n) is 4.99. The molecule has 0 spiro atoms. The molecule has 2 N–H and O–H groups in total. The summed E-state index contributed by atoms with van der Waals surface area (Å²) in [4.78, 5) is 23.4. The number of nitrogens with one attached hydrogen (secondary N) is 1. The van der Waals surface area contributed by atoms with Gasteiger partial charge in [-0.25, -0.2) is 4.79 Å². The molecule has 1 aromatic heterocycles. The first-order chi connectivity index (χ1) is 8.56. The molecule has 0 bridgehead atoms. The Morgan fingerprint density at radius 2 is 2.33 bits per heavy atom. The van der Waals surface area contributed by atoms with Crippen molar-refractivity contribution in [3.05, 3.63) is 27.4 Å². The van der Waals surface area contributed by atoms with Crippen LogP contribution in [-0.2, 0) is 14.3 Å². The van der Waals surface area contributed by atoms with Crippen molar-refractivity contribution < 1.29 is 19.4 Å². The molecule has 98 valence electrons. The number of amides is 1. The normalized spacial score (nSPS) is 12.4. The smallest absolute Gasteiger partial charge is 0.330 e. The summed E-state index contributed by atoms with van der Waals surface area (Å²) in [6, 6.07) is 2.43. The lowest BCUT2D eigenvalue weighted by atomic mass is 10.3. The number of esters is 1. The van der Waals surface area contributed by atoms with Crippen LogP contribution in [0.4, 0.5) is 0 Å². The molecule has 0 radical (unpaired) electrons. The predicted octanol–water partition coefficient (Wildman–Crippen LogP) is 1.06. The molecular formula is C11H12ClNO4S. The van der Waals surface area contributed by atoms with Crippen molar-refractivity contribution in [2.24, 2.45) is 0 Å². The second kappa shape index (κ2) is 7.15. The van der Waals surface area contributed by atoms with E-state index in [4.69, 9.17) is 16.7 Å². The Labute approximate surface area is 113 Å². The van der Waals surface area contributed by atoms with Gasteiger partial charge in [-0.05, 0) is 18.2 Å². The van der Waals surface area contributed by atoms with Crippen LogP contribution in [0.3, 0.4) is 0 Å². The summed E-state index contributed by atoms with van der Waals surface area (Å²) in [5, 5.41) is 11.2. The van der Waals surface area contributed by atoms with E-state index in [0.717, 1.165) is 4.88 Å². The van der Waals surface area contributed by atoms with Gasteiger partial charge in [-0.3, -0.25) is 4.79 Å². The topological polar surface area (TPSA) is 75.6 Å². The van der Waals surface area contributed by atoms with Crippen LogP contribution in [0, 0.1) is 0 Å². The van der Waals surface area contributed by atoms with Crippen molar-refractivity contribution in [1.82, 2.24) is 5.32 Å². The third-order valence-corrected chi connectivity index (χ3v) is 3.17. The largest absolute Gasteiger partial charge is 0.467 e. The minimum absolute atomic E-state index is 0.496. The standard InChI is InChI=1S/C11H12ClNO4S/c1-17-11(16)8(6-14)13-10(15)5-3-7-2-4-9(12)18-7/h2-5,8,14H,6H2,1H3,(H,13,15)/b5-3+. The number of aliphatic hydroxyl groups is 1. The number of aliphatic hydroxyl groups excluding tert-OH is 1. The molecule has 0 aliphatic carbocycles. The highest BCUT2D eigenvalue weighted by Gasteiger charge is 2.18. The zero-order valence-corrected chi connectivity index (χ0v) is 11.1. The van der Waals surface area contributed by atoms with Gasteiger partial charge >= 0.3 is 5.97 Å². The molecule has 1 heterocycles. The van der Waals surface area contributed by atoms with E-state index in [-0.39, 0.29) is 0 Å². The highest BCUT2D eigenvalue weighted by atomic mass is 35.5. The van der Waals surface area contributed by atoms with Crippen molar-refractivity contribution in [2.75, 3.05) is 13.7 Å². The predicted molar refractivity (Wildman–Crippen MR) is 69.4 cm³/mol. The lowest BCUT2D eigenvalue weighted by molar-refractivity contribution is -0.145. The lowest BCUT2D eigenvalue weighted by Gasteiger charge is -2.11. The summed E-state index contributed by atoms with van der Waals surface area (Å²) in [6.07, 6.45) is 2.82. The molecule has 1 aromatic rings. The number of methoxy groups -OCH3 is 1. The van der Waals surface area contributed by atoms with Gasteiger partial charge in [-0.2, -0.15) is 0 Å². The molecule has 18 heavy (non-hydrogen) atoms. The Bertz CT molecular complexity index is 458. The van der Waals surface area contributed by atoms with Crippen LogP contribution in [-0.4, -0.2) is 36.7 Å². The molecule has 1 atom stereocenters. The van der Waals surface area contributed by atoms with E-state index in [1.54, 1.807) is 18.2 Å². The van der Waals surface area contributed by atoms with Gasteiger partial charge in [0.2, 0.25) is 5.91 Å². The SMILES string of the molecule is COC(=O)C(CO)NC(=O)/C=C/c1ccc(Cl)s1. The maximum absolute atomic E-state index is 11.5. The fraction of sp³-hybridized carbons (Fsp3) is 0.273. The summed E-state index contributed by atoms with van der Waals surface area (Å²) in [5.74, 6) is -1.19. The molecule has 0 fully saturated rings. The molecule has 0 aromatic carbocycles. The number of rotatable bonds is 5. The van der Waals surface area contributed by atoms with E-state index < -0.39 is 24.5 Å². The molecule has 1 amide bonds. The van der Waals surface area contributed by atoms with Gasteiger partial charge in [0.05, 0.1) is 18.1 Å². The maximum Gasteiger partial charge on any atom is 0.330 e. The number of carbonyl (C=O) groups excluding carboxylic acids is 2. The quantitative estimate of drug-likeness (QED) is 0.628. The van der Waals surface area contributed by atoms with Crippen LogP contribution in [0.5, 0.6) is 0 Å². The Morgan fingerprint density at radius 1 is 1.61 bits per heavy atom. The molecule has 1 unspecified atom stereocenters.